The van der Waals surface area contributed by atoms with Gasteiger partial charge in [0, 0.05) is 0 Å². The second kappa shape index (κ2) is 5.15. The monoisotopic (exact) mass is 129 g/mol. The second-order valence-electron chi connectivity index (χ2n) is 1.46. The lowest BCUT2D eigenvalue weighted by molar-refractivity contribution is 0.0692. The van der Waals surface area contributed by atoms with Gasteiger partial charge in [-0.3, -0.25) is 0 Å². The van der Waals surface area contributed by atoms with E-state index in [0.29, 0.717) is 6.42 Å². The van der Waals surface area contributed by atoms with Crippen LogP contribution >= 0.6 is 0 Å². The molecule has 0 bridgehead atoms. The van der Waals surface area contributed by atoms with Gasteiger partial charge in [-0.25, -0.2) is 0 Å². The van der Waals surface area contributed by atoms with Crippen molar-refractivity contribution in [3.05, 3.63) is 12.2 Å². The Morgan fingerprint density at radius 1 is 1.67 bits per heavy atom. The summed E-state index contributed by atoms with van der Waals surface area (Å²) in [5.74, 6) is 0. The third-order valence-electron chi connectivity index (χ3n) is 0.740. The first-order valence-electron chi connectivity index (χ1n) is 2.72. The molecule has 0 amide bonds. The van der Waals surface area contributed by atoms with Gasteiger partial charge in [0.05, 0.1) is 6.61 Å². The Kier molecular flexibility index (Phi) is 4.59. The minimum Gasteiger partial charge on any atom is -0.431 e. The summed E-state index contributed by atoms with van der Waals surface area (Å²) < 4.78 is 4.10. The minimum absolute atomic E-state index is 0.187. The third-order valence-corrected chi connectivity index (χ3v) is 0.740. The molecular formula is C6H9O3. The first-order chi connectivity index (χ1) is 4.27. The molecule has 0 spiro atoms. The Balaban J connectivity index is 3.01. The van der Waals surface area contributed by atoms with Gasteiger partial charge in [-0.2, -0.15) is 9.90 Å². The molecular weight excluding hydrogens is 120 g/mol. The lowest BCUT2D eigenvalue weighted by Crippen LogP contribution is -1.98. The lowest BCUT2D eigenvalue weighted by atomic mass is 10.4. The predicted octanol–water partition coefficient (Wildman–Crippen LogP) is 1.52. The first-order valence-corrected chi connectivity index (χ1v) is 2.72. The summed E-state index contributed by atoms with van der Waals surface area (Å²) in [4.78, 5) is 9.61. The van der Waals surface area contributed by atoms with Gasteiger partial charge in [0.2, 0.25) is 0 Å². The summed E-state index contributed by atoms with van der Waals surface area (Å²) in [6.45, 7) is 2.05. The van der Waals surface area contributed by atoms with Crippen LogP contribution in [-0.2, 0) is 9.84 Å². The molecule has 0 aromatic rings. The summed E-state index contributed by atoms with van der Waals surface area (Å²) in [5, 5.41) is 9.61. The van der Waals surface area contributed by atoms with E-state index in [4.69, 9.17) is 0 Å². The molecule has 0 rings (SSSR count). The molecule has 0 aliphatic carbocycles. The van der Waals surface area contributed by atoms with Crippen molar-refractivity contribution in [1.29, 1.82) is 0 Å². The van der Waals surface area contributed by atoms with Gasteiger partial charge in [-0.05, 0) is 13.3 Å². The van der Waals surface area contributed by atoms with Gasteiger partial charge >= 0.3 is 6.16 Å². The first kappa shape index (κ1) is 8.01. The number of allylic oxidation sites excluding steroid dienone is 1. The highest BCUT2D eigenvalue weighted by Crippen LogP contribution is 1.84. The number of ether oxygens (including phenoxy) is 1. The zero-order valence-corrected chi connectivity index (χ0v) is 5.29. The normalized spacial score (nSPS) is 9.89. The van der Waals surface area contributed by atoms with Crippen LogP contribution in [0.15, 0.2) is 12.2 Å². The molecule has 3 nitrogen and oxygen atoms in total. The second-order valence-corrected chi connectivity index (χ2v) is 1.46. The molecule has 0 N–H and O–H groups in total. The fourth-order valence-electron chi connectivity index (χ4n) is 0.377. The summed E-state index contributed by atoms with van der Waals surface area (Å²) in [7, 11) is 0. The molecule has 0 aliphatic rings. The third kappa shape index (κ3) is 7.01. The van der Waals surface area contributed by atoms with E-state index in [-0.39, 0.29) is 6.61 Å². The molecule has 0 aromatic carbocycles. The molecule has 3 heteroatoms. The maximum absolute atomic E-state index is 9.61. The molecule has 0 fully saturated rings. The number of rotatable bonds is 3. The van der Waals surface area contributed by atoms with Gasteiger partial charge < -0.3 is 4.74 Å². The Morgan fingerprint density at radius 2 is 2.33 bits per heavy atom. The molecule has 0 atom stereocenters. The van der Waals surface area contributed by atoms with E-state index in [0.717, 1.165) is 0 Å². The molecule has 0 saturated carbocycles. The van der Waals surface area contributed by atoms with Crippen molar-refractivity contribution < 1.29 is 14.6 Å². The maximum Gasteiger partial charge on any atom is 0.550 e. The van der Waals surface area contributed by atoms with E-state index in [1.165, 1.54) is 0 Å². The number of carbonyl (C=O) groups excluding carboxylic acids is 1. The highest BCUT2D eigenvalue weighted by Gasteiger charge is 1.94. The van der Waals surface area contributed by atoms with E-state index in [1.54, 1.807) is 0 Å². The summed E-state index contributed by atoms with van der Waals surface area (Å²) in [6, 6.07) is 0. The fourth-order valence-corrected chi connectivity index (χ4v) is 0.377. The van der Waals surface area contributed by atoms with Crippen LogP contribution in [0.2, 0.25) is 0 Å². The predicted molar refractivity (Wildman–Crippen MR) is 31.5 cm³/mol. The zero-order valence-electron chi connectivity index (χ0n) is 5.29. The van der Waals surface area contributed by atoms with E-state index < -0.39 is 6.16 Å². The average Bonchev–Trinajstić information content (AvgIpc) is 1.80. The van der Waals surface area contributed by atoms with Gasteiger partial charge in [-0.15, -0.1) is 0 Å². The fraction of sp³-hybridized carbons (Fsp3) is 0.500. The Morgan fingerprint density at radius 3 is 2.78 bits per heavy atom. The van der Waals surface area contributed by atoms with Crippen molar-refractivity contribution in [3.63, 3.8) is 0 Å². The molecule has 0 saturated heterocycles. The zero-order chi connectivity index (χ0) is 7.11. The minimum atomic E-state index is -1.46. The maximum atomic E-state index is 9.61. The van der Waals surface area contributed by atoms with E-state index in [2.05, 4.69) is 4.74 Å². The number of carbonyl (C=O) groups is 1. The van der Waals surface area contributed by atoms with Crippen molar-refractivity contribution in [1.82, 2.24) is 0 Å². The van der Waals surface area contributed by atoms with Crippen molar-refractivity contribution in [3.8, 4) is 0 Å². The quantitative estimate of drug-likeness (QED) is 0.329. The van der Waals surface area contributed by atoms with Gasteiger partial charge in [0.15, 0.2) is 0 Å². The van der Waals surface area contributed by atoms with Crippen molar-refractivity contribution in [2.24, 2.45) is 0 Å². The number of hydrogen-bond donors (Lipinski definition) is 0. The molecule has 0 aliphatic heterocycles. The molecule has 9 heavy (non-hydrogen) atoms. The van der Waals surface area contributed by atoms with E-state index in [1.807, 2.05) is 19.1 Å². The Bertz CT molecular complexity index is 107. The SMILES string of the molecule is CC=CCCOC([O])=O. The summed E-state index contributed by atoms with van der Waals surface area (Å²) in [5.41, 5.74) is 0. The molecule has 0 heterocycles. The van der Waals surface area contributed by atoms with Crippen molar-refractivity contribution >= 4 is 6.16 Å². The lowest BCUT2D eigenvalue weighted by Gasteiger charge is -1.91. The molecule has 51 valence electrons. The van der Waals surface area contributed by atoms with Crippen LogP contribution < -0.4 is 0 Å². The van der Waals surface area contributed by atoms with Gasteiger partial charge in [0.1, 0.15) is 0 Å². The van der Waals surface area contributed by atoms with Gasteiger partial charge in [0.25, 0.3) is 0 Å². The summed E-state index contributed by atoms with van der Waals surface area (Å²) in [6.07, 6.45) is 2.81. The topological polar surface area (TPSA) is 46.2 Å². The van der Waals surface area contributed by atoms with Crippen molar-refractivity contribution in [2.45, 2.75) is 13.3 Å². The van der Waals surface area contributed by atoms with Crippen LogP contribution in [0.4, 0.5) is 4.79 Å². The van der Waals surface area contributed by atoms with Crippen LogP contribution in [0.5, 0.6) is 0 Å². The smallest absolute Gasteiger partial charge is 0.431 e. The highest BCUT2D eigenvalue weighted by atomic mass is 16.7. The molecule has 1 radical (unpaired) electrons. The number of hydrogen-bond acceptors (Lipinski definition) is 2. The standard InChI is InChI=1S/C6H9O3/c1-2-3-4-5-9-6(7)8/h2-3H,4-5H2,1H3. The van der Waals surface area contributed by atoms with E-state index >= 15 is 0 Å². The average molecular weight is 129 g/mol. The Labute approximate surface area is 53.9 Å². The molecule has 0 unspecified atom stereocenters. The van der Waals surface area contributed by atoms with Crippen molar-refractivity contribution in [2.75, 3.05) is 6.61 Å². The molecule has 0 aromatic heterocycles. The van der Waals surface area contributed by atoms with Crippen LogP contribution in [0.1, 0.15) is 13.3 Å². The van der Waals surface area contributed by atoms with Crippen LogP contribution in [0.25, 0.3) is 0 Å². The summed E-state index contributed by atoms with van der Waals surface area (Å²) >= 11 is 0. The van der Waals surface area contributed by atoms with Gasteiger partial charge in [-0.1, -0.05) is 12.2 Å². The largest absolute Gasteiger partial charge is 0.550 e. The Hall–Kier alpha value is -0.990. The van der Waals surface area contributed by atoms with E-state index in [9.17, 15) is 9.90 Å². The highest BCUT2D eigenvalue weighted by molar-refractivity contribution is 5.56. The van der Waals surface area contributed by atoms with Crippen LogP contribution in [-0.4, -0.2) is 12.8 Å². The van der Waals surface area contributed by atoms with Crippen LogP contribution in [0.3, 0.4) is 0 Å². The van der Waals surface area contributed by atoms with Crippen LogP contribution in [0, 0.1) is 0 Å².